The average Bonchev–Trinajstić information content (AvgIpc) is 2.72. The lowest BCUT2D eigenvalue weighted by molar-refractivity contribution is -0.416. The maximum absolute atomic E-state index is 12.5. The molecule has 0 heterocycles. The van der Waals surface area contributed by atoms with Crippen molar-refractivity contribution in [2.45, 2.75) is 62.7 Å². The first-order valence-electron chi connectivity index (χ1n) is 10.0. The number of halogens is 3. The summed E-state index contributed by atoms with van der Waals surface area (Å²) in [5, 5.41) is 30.1. The molecule has 0 radical (unpaired) electrons. The number of carboxylic acids is 3. The van der Waals surface area contributed by atoms with E-state index in [1.807, 2.05) is 0 Å². The van der Waals surface area contributed by atoms with E-state index in [1.54, 1.807) is 13.8 Å². The Bertz CT molecular complexity index is 840. The summed E-state index contributed by atoms with van der Waals surface area (Å²) in [5.41, 5.74) is 3.66. The Hall–Kier alpha value is -2.40. The first-order valence-corrected chi connectivity index (χ1v) is 12.3. The topological polar surface area (TPSA) is 258 Å². The first-order chi connectivity index (χ1) is 16.1. The fourth-order valence-electron chi connectivity index (χ4n) is 2.28. The van der Waals surface area contributed by atoms with E-state index in [-0.39, 0.29) is 6.42 Å². The summed E-state index contributed by atoms with van der Waals surface area (Å²) < 4.78 is 42.5. The van der Waals surface area contributed by atoms with Crippen molar-refractivity contribution >= 4 is 49.9 Å². The monoisotopic (exact) mass is 571 g/mol. The van der Waals surface area contributed by atoms with Gasteiger partial charge in [0.2, 0.25) is 11.8 Å². The Labute approximate surface area is 208 Å². The lowest BCUT2D eigenvalue weighted by Crippen LogP contribution is -2.68. The second kappa shape index (κ2) is 15.7. The summed E-state index contributed by atoms with van der Waals surface area (Å²) in [6.07, 6.45) is -6.14. The van der Waals surface area contributed by atoms with Gasteiger partial charge in [-0.3, -0.25) is 18.9 Å². The van der Waals surface area contributed by atoms with Crippen molar-refractivity contribution in [3.8, 4) is 0 Å². The second-order valence-electron chi connectivity index (χ2n) is 7.54. The van der Waals surface area contributed by atoms with Crippen LogP contribution in [0, 0.1) is 5.92 Å². The lowest BCUT2D eigenvalue weighted by Gasteiger charge is -2.27. The largest absolute Gasteiger partial charge is 0.542 e. The van der Waals surface area contributed by atoms with Crippen LogP contribution in [0.2, 0.25) is 0 Å². The number of thiol groups is 1. The summed E-state index contributed by atoms with van der Waals surface area (Å²) >= 11 is 4.11. The van der Waals surface area contributed by atoms with Gasteiger partial charge in [0.25, 0.3) is 0 Å². The smallest absolute Gasteiger partial charge is 0.430 e. The van der Waals surface area contributed by atoms with Gasteiger partial charge in [0, 0.05) is 6.42 Å². The number of alkyl halides is 3. The van der Waals surface area contributed by atoms with E-state index in [9.17, 15) is 36.9 Å². The number of carbonyl (C=O) groups excluding carboxylic acids is 3. The lowest BCUT2D eigenvalue weighted by atomic mass is 9.97. The summed E-state index contributed by atoms with van der Waals surface area (Å²) in [4.78, 5) is 73.5. The molecule has 0 aromatic heterocycles. The number of carbonyl (C=O) groups is 5. The van der Waals surface area contributed by atoms with Crippen LogP contribution in [0.15, 0.2) is 0 Å². The number of nitrogens with one attached hydrogen (secondary N) is 2. The molecule has 36 heavy (non-hydrogen) atoms. The summed E-state index contributed by atoms with van der Waals surface area (Å²) in [6, 6.07) is -3.59. The number of rotatable bonds is 13. The van der Waals surface area contributed by atoms with Crippen LogP contribution in [0.5, 0.6) is 0 Å². The van der Waals surface area contributed by atoms with Crippen molar-refractivity contribution in [1.82, 2.24) is 10.6 Å². The number of amides is 2. The minimum Gasteiger partial charge on any atom is -0.542 e. The average molecular weight is 571 g/mol. The van der Waals surface area contributed by atoms with E-state index >= 15 is 0 Å². The molecule has 0 aromatic rings. The van der Waals surface area contributed by atoms with Gasteiger partial charge in [-0.25, -0.2) is 4.79 Å². The molecule has 19 heteroatoms. The van der Waals surface area contributed by atoms with Crippen LogP contribution in [-0.4, -0.2) is 85.4 Å². The molecule has 0 unspecified atom stereocenters. The highest BCUT2D eigenvalue weighted by molar-refractivity contribution is 7.81. The maximum Gasteiger partial charge on any atom is 0.430 e. The molecule has 0 fully saturated rings. The highest BCUT2D eigenvalue weighted by atomic mass is 32.1. The molecule has 0 aromatic carbocycles. The molecule has 0 saturated carbocycles. The Balaban J connectivity index is 0. The normalized spacial score (nSPS) is 15.7. The van der Waals surface area contributed by atoms with Crippen LogP contribution in [0.1, 0.15) is 33.1 Å². The third-order valence-electron chi connectivity index (χ3n) is 4.52. The molecule has 5 atom stereocenters. The molecule has 210 valence electrons. The van der Waals surface area contributed by atoms with Gasteiger partial charge < -0.3 is 46.3 Å². The molecule has 2 amide bonds. The Morgan fingerprint density at radius 2 is 1.56 bits per heavy atom. The number of quaternary nitrogens is 1. The summed E-state index contributed by atoms with van der Waals surface area (Å²) in [7, 11) is -4.26. The van der Waals surface area contributed by atoms with Crippen LogP contribution >= 0.6 is 20.2 Å². The van der Waals surface area contributed by atoms with Crippen molar-refractivity contribution in [1.29, 1.82) is 0 Å². The number of aliphatic carboxylic acids is 3. The molecular formula is C17H29F3N3O11PS. The Morgan fingerprint density at radius 3 is 1.89 bits per heavy atom. The fourth-order valence-corrected chi connectivity index (χ4v) is 3.17. The zero-order valence-corrected chi connectivity index (χ0v) is 20.9. The fraction of sp³-hybridized carbons (Fsp3) is 0.706. The van der Waals surface area contributed by atoms with Crippen molar-refractivity contribution in [2.75, 3.05) is 6.16 Å². The molecule has 0 aliphatic carbocycles. The van der Waals surface area contributed by atoms with Gasteiger partial charge in [-0.1, -0.05) is 20.3 Å². The van der Waals surface area contributed by atoms with Crippen LogP contribution in [-0.2, 0) is 28.5 Å². The Morgan fingerprint density at radius 1 is 1.08 bits per heavy atom. The molecule has 0 saturated heterocycles. The second-order valence-corrected chi connectivity index (χ2v) is 9.87. The molecule has 0 rings (SSSR count). The number of carboxylic acid groups (broad SMARTS) is 3. The van der Waals surface area contributed by atoms with Crippen LogP contribution in [0.25, 0.3) is 0 Å². The zero-order chi connectivity index (χ0) is 29.0. The van der Waals surface area contributed by atoms with Crippen LogP contribution in [0.4, 0.5) is 13.2 Å². The molecule has 9 N–H and O–H groups in total. The van der Waals surface area contributed by atoms with E-state index in [4.69, 9.17) is 29.9 Å². The van der Waals surface area contributed by atoms with Gasteiger partial charge in [-0.2, -0.15) is 25.8 Å². The minimum absolute atomic E-state index is 0.0776. The molecule has 0 bridgehead atoms. The van der Waals surface area contributed by atoms with E-state index in [0.29, 0.717) is 6.42 Å². The van der Waals surface area contributed by atoms with Crippen molar-refractivity contribution in [2.24, 2.45) is 5.92 Å². The van der Waals surface area contributed by atoms with Gasteiger partial charge in [0.15, 0.2) is 0 Å². The first kappa shape index (κ1) is 35.8. The van der Waals surface area contributed by atoms with Crippen molar-refractivity contribution in [3.05, 3.63) is 0 Å². The molecule has 0 aliphatic rings. The summed E-state index contributed by atoms with van der Waals surface area (Å²) in [5.74, 6) is -7.95. The van der Waals surface area contributed by atoms with Gasteiger partial charge in [-0.15, -0.1) is 0 Å². The van der Waals surface area contributed by atoms with Gasteiger partial charge in [0.1, 0.15) is 29.3 Å². The molecular weight excluding hydrogens is 542 g/mol. The zero-order valence-electron chi connectivity index (χ0n) is 19.1. The van der Waals surface area contributed by atoms with E-state index in [2.05, 4.69) is 29.0 Å². The predicted octanol–water partition coefficient (Wildman–Crippen LogP) is -2.66. The van der Waals surface area contributed by atoms with Crippen molar-refractivity contribution < 1.29 is 72.5 Å². The van der Waals surface area contributed by atoms with Crippen molar-refractivity contribution in [3.63, 3.8) is 0 Å². The third kappa shape index (κ3) is 15.6. The maximum atomic E-state index is 12.5. The third-order valence-corrected chi connectivity index (χ3v) is 6.02. The standard InChI is InChI=1S/C15H28N3O9PS.C2HF3O2/c1-3-7(2)11(13(21)17-9(15(23)24)6-10(19)20)18-14(22)12(29)8(16)4-5-28(25,26)27;3-2(4,5)1(6)7/h7-9,11-12,29H,3-6,16H2,1-2H3,(H,17,21)(H,18,22)(H,19,20)(H,23,24)(H2,25,26,27);(H,6,7)/t7-,8+,9-,11-,12+;/m0./s1. The van der Waals surface area contributed by atoms with Gasteiger partial charge in [0.05, 0.1) is 12.6 Å². The SMILES string of the molecule is CC[C@H](C)[C@H](NC(=O)[C@H](S)[C@H]([NH3+])CCP(=O)(O)O)C(=O)N[C@@H](CC(=O)O)C(=O)O.O=C([O-])C(F)(F)F. The molecule has 14 nitrogen and oxygen atoms in total. The number of hydrogen-bond donors (Lipinski definition) is 8. The van der Waals surface area contributed by atoms with Crippen LogP contribution in [0.3, 0.4) is 0 Å². The van der Waals surface area contributed by atoms with Gasteiger partial charge >= 0.3 is 25.7 Å². The van der Waals surface area contributed by atoms with E-state index < -0.39 is 85.4 Å². The quantitative estimate of drug-likeness (QED) is 0.0835. The Kier molecular flexibility index (Phi) is 15.6. The minimum atomic E-state index is -5.19. The highest BCUT2D eigenvalue weighted by Gasteiger charge is 2.34. The molecule has 0 spiro atoms. The highest BCUT2D eigenvalue weighted by Crippen LogP contribution is 2.35. The summed E-state index contributed by atoms with van der Waals surface area (Å²) in [6.45, 7) is 3.38. The predicted molar refractivity (Wildman–Crippen MR) is 115 cm³/mol. The van der Waals surface area contributed by atoms with E-state index in [1.165, 1.54) is 0 Å². The molecule has 0 aliphatic heterocycles. The van der Waals surface area contributed by atoms with Crippen LogP contribution < -0.4 is 21.5 Å². The van der Waals surface area contributed by atoms with Gasteiger partial charge in [-0.05, 0) is 5.92 Å². The van der Waals surface area contributed by atoms with E-state index in [0.717, 1.165) is 0 Å². The number of hydrogen-bond acceptors (Lipinski definition) is 8.